The van der Waals surface area contributed by atoms with Crippen molar-refractivity contribution in [1.82, 2.24) is 14.2 Å². The van der Waals surface area contributed by atoms with E-state index in [9.17, 15) is 21.6 Å². The standard InChI is InChI=1S/C14H19BrN4O5S2/c1-3-7-25(21,22)18-19(4-2)26(23,24)13-10-8-9(15)5-6-11(10)17-12(13)14(16)20/h5-6,8,17-18H,3-4,7H2,1-2H3,(H2,16,20). The predicted octanol–water partition coefficient (Wildman–Crippen LogP) is 1.28. The Morgan fingerprint density at radius 1 is 1.27 bits per heavy atom. The van der Waals surface area contributed by atoms with Crippen molar-refractivity contribution in [2.75, 3.05) is 12.3 Å². The molecule has 0 atom stereocenters. The SMILES string of the molecule is CCCS(=O)(=O)NN(CC)S(=O)(=O)c1c(C(N)=O)[nH]c2ccc(Br)cc12. The summed E-state index contributed by atoms with van der Waals surface area (Å²) in [5.41, 5.74) is 5.39. The number of carbonyl (C=O) groups is 1. The molecule has 2 aromatic rings. The zero-order valence-corrected chi connectivity index (χ0v) is 17.3. The molecule has 0 aliphatic heterocycles. The van der Waals surface area contributed by atoms with Crippen molar-refractivity contribution in [2.24, 2.45) is 5.73 Å². The lowest BCUT2D eigenvalue weighted by Gasteiger charge is -2.21. The third-order valence-electron chi connectivity index (χ3n) is 3.51. The van der Waals surface area contributed by atoms with Gasteiger partial charge in [-0.2, -0.15) is 0 Å². The number of aromatic amines is 1. The number of hydrogen-bond acceptors (Lipinski definition) is 5. The molecule has 0 spiro atoms. The van der Waals surface area contributed by atoms with E-state index in [0.717, 1.165) is 0 Å². The first-order chi connectivity index (χ1) is 12.0. The average molecular weight is 467 g/mol. The quantitative estimate of drug-likeness (QED) is 0.502. The second kappa shape index (κ2) is 7.64. The number of amides is 1. The predicted molar refractivity (Wildman–Crippen MR) is 101 cm³/mol. The van der Waals surface area contributed by atoms with E-state index in [1.807, 2.05) is 0 Å². The molecule has 4 N–H and O–H groups in total. The van der Waals surface area contributed by atoms with Gasteiger partial charge < -0.3 is 10.7 Å². The first-order valence-electron chi connectivity index (χ1n) is 7.67. The van der Waals surface area contributed by atoms with E-state index < -0.39 is 26.0 Å². The topological polar surface area (TPSA) is 142 Å². The molecule has 9 nitrogen and oxygen atoms in total. The van der Waals surface area contributed by atoms with E-state index in [-0.39, 0.29) is 28.3 Å². The molecule has 26 heavy (non-hydrogen) atoms. The normalized spacial score (nSPS) is 12.8. The zero-order chi connectivity index (χ0) is 19.7. The number of primary amides is 1. The van der Waals surface area contributed by atoms with Crippen LogP contribution in [0.4, 0.5) is 0 Å². The van der Waals surface area contributed by atoms with E-state index in [1.165, 1.54) is 13.0 Å². The van der Waals surface area contributed by atoms with Gasteiger partial charge in [-0.1, -0.05) is 22.9 Å². The fourth-order valence-corrected chi connectivity index (χ4v) is 6.02. The number of carbonyl (C=O) groups excluding carboxylic acids is 1. The Kier molecular flexibility index (Phi) is 6.13. The van der Waals surface area contributed by atoms with Gasteiger partial charge in [-0.3, -0.25) is 4.79 Å². The Bertz CT molecular complexity index is 1050. The van der Waals surface area contributed by atoms with E-state index in [1.54, 1.807) is 19.1 Å². The number of aromatic nitrogens is 1. The second-order valence-electron chi connectivity index (χ2n) is 5.46. The van der Waals surface area contributed by atoms with Crippen LogP contribution in [-0.2, 0) is 20.0 Å². The van der Waals surface area contributed by atoms with Crippen LogP contribution >= 0.6 is 15.9 Å². The number of nitrogens with two attached hydrogens (primary N) is 1. The van der Waals surface area contributed by atoms with Gasteiger partial charge in [0.1, 0.15) is 10.6 Å². The number of benzene rings is 1. The molecule has 1 aromatic carbocycles. The van der Waals surface area contributed by atoms with Crippen LogP contribution in [0.15, 0.2) is 27.6 Å². The van der Waals surface area contributed by atoms with Crippen LogP contribution in [-0.4, -0.2) is 44.4 Å². The first kappa shape index (κ1) is 20.8. The van der Waals surface area contributed by atoms with Crippen LogP contribution in [0.5, 0.6) is 0 Å². The number of hydrazine groups is 1. The molecule has 0 unspecified atom stereocenters. The van der Waals surface area contributed by atoms with Gasteiger partial charge in [-0.05, 0) is 31.5 Å². The lowest BCUT2D eigenvalue weighted by Crippen LogP contribution is -2.46. The summed E-state index contributed by atoms with van der Waals surface area (Å²) in [6.45, 7) is 2.96. The summed E-state index contributed by atoms with van der Waals surface area (Å²) in [6.07, 6.45) is 0.319. The zero-order valence-electron chi connectivity index (χ0n) is 14.1. The molecule has 0 aliphatic rings. The van der Waals surface area contributed by atoms with Crippen LogP contribution < -0.4 is 10.6 Å². The summed E-state index contributed by atoms with van der Waals surface area (Å²) < 4.78 is 51.5. The lowest BCUT2D eigenvalue weighted by atomic mass is 10.2. The van der Waals surface area contributed by atoms with Crippen molar-refractivity contribution in [1.29, 1.82) is 0 Å². The highest BCUT2D eigenvalue weighted by molar-refractivity contribution is 9.10. The molecule has 1 heterocycles. The van der Waals surface area contributed by atoms with Crippen molar-refractivity contribution in [3.63, 3.8) is 0 Å². The lowest BCUT2D eigenvalue weighted by molar-refractivity contribution is 0.0993. The van der Waals surface area contributed by atoms with Gasteiger partial charge in [0.2, 0.25) is 10.0 Å². The highest BCUT2D eigenvalue weighted by atomic mass is 79.9. The minimum Gasteiger partial charge on any atom is -0.364 e. The van der Waals surface area contributed by atoms with Gasteiger partial charge in [0.05, 0.1) is 5.75 Å². The van der Waals surface area contributed by atoms with E-state index >= 15 is 0 Å². The van der Waals surface area contributed by atoms with Crippen molar-refractivity contribution in [3.8, 4) is 0 Å². The van der Waals surface area contributed by atoms with Crippen LogP contribution in [0.1, 0.15) is 30.8 Å². The molecule has 0 fully saturated rings. The highest BCUT2D eigenvalue weighted by Crippen LogP contribution is 2.31. The summed E-state index contributed by atoms with van der Waals surface area (Å²) in [6, 6.07) is 4.77. The molecular formula is C14H19BrN4O5S2. The Labute approximate surface area is 160 Å². The summed E-state index contributed by atoms with van der Waals surface area (Å²) in [5.74, 6) is -1.20. The molecule has 0 bridgehead atoms. The van der Waals surface area contributed by atoms with Crippen molar-refractivity contribution in [2.45, 2.75) is 25.2 Å². The van der Waals surface area contributed by atoms with Crippen LogP contribution in [0.2, 0.25) is 0 Å². The third-order valence-corrected chi connectivity index (χ3v) is 7.43. The maximum Gasteiger partial charge on any atom is 0.266 e. The number of nitrogens with one attached hydrogen (secondary N) is 2. The number of hydrogen-bond donors (Lipinski definition) is 3. The maximum absolute atomic E-state index is 13.1. The van der Waals surface area contributed by atoms with E-state index in [2.05, 4.69) is 25.7 Å². The van der Waals surface area contributed by atoms with Crippen molar-refractivity contribution >= 4 is 52.8 Å². The minimum atomic E-state index is -4.39. The highest BCUT2D eigenvalue weighted by Gasteiger charge is 2.34. The molecule has 0 radical (unpaired) electrons. The Hall–Kier alpha value is -1.47. The second-order valence-corrected chi connectivity index (χ2v) is 10.00. The number of rotatable bonds is 8. The molecule has 2 rings (SSSR count). The fraction of sp³-hybridized carbons (Fsp3) is 0.357. The van der Waals surface area contributed by atoms with Gasteiger partial charge >= 0.3 is 0 Å². The maximum atomic E-state index is 13.1. The molecular weight excluding hydrogens is 448 g/mol. The van der Waals surface area contributed by atoms with Gasteiger partial charge in [0, 0.05) is 21.9 Å². The van der Waals surface area contributed by atoms with Gasteiger partial charge in [0.15, 0.2) is 0 Å². The molecule has 144 valence electrons. The van der Waals surface area contributed by atoms with Crippen LogP contribution in [0.3, 0.4) is 0 Å². The molecule has 1 aromatic heterocycles. The number of H-pyrrole nitrogens is 1. The summed E-state index contributed by atoms with van der Waals surface area (Å²) in [7, 11) is -8.24. The molecule has 12 heteroatoms. The summed E-state index contributed by atoms with van der Waals surface area (Å²) in [5, 5.41) is 0.223. The Morgan fingerprint density at radius 3 is 2.46 bits per heavy atom. The van der Waals surface area contributed by atoms with Gasteiger partial charge in [-0.15, -0.1) is 9.25 Å². The summed E-state index contributed by atoms with van der Waals surface area (Å²) >= 11 is 3.25. The minimum absolute atomic E-state index is 0.176. The van der Waals surface area contributed by atoms with Gasteiger partial charge in [-0.25, -0.2) is 16.8 Å². The van der Waals surface area contributed by atoms with E-state index in [4.69, 9.17) is 5.73 Å². The van der Waals surface area contributed by atoms with Crippen molar-refractivity contribution < 1.29 is 21.6 Å². The monoisotopic (exact) mass is 466 g/mol. The Morgan fingerprint density at radius 2 is 1.92 bits per heavy atom. The average Bonchev–Trinajstić information content (AvgIpc) is 2.92. The van der Waals surface area contributed by atoms with Crippen LogP contribution in [0, 0.1) is 0 Å². The van der Waals surface area contributed by atoms with E-state index in [0.29, 0.717) is 20.8 Å². The number of halogens is 1. The fourth-order valence-electron chi connectivity index (χ4n) is 2.44. The molecule has 0 aliphatic carbocycles. The number of fused-ring (bicyclic) bond motifs is 1. The molecule has 1 amide bonds. The van der Waals surface area contributed by atoms with Crippen molar-refractivity contribution in [3.05, 3.63) is 28.4 Å². The smallest absolute Gasteiger partial charge is 0.266 e. The molecule has 0 saturated heterocycles. The van der Waals surface area contributed by atoms with Crippen LogP contribution in [0.25, 0.3) is 10.9 Å². The number of nitrogens with zero attached hydrogens (tertiary/aromatic N) is 1. The third kappa shape index (κ3) is 4.09. The molecule has 0 saturated carbocycles. The number of sulfonamides is 2. The largest absolute Gasteiger partial charge is 0.364 e. The summed E-state index contributed by atoms with van der Waals surface area (Å²) in [4.78, 5) is 16.1. The Balaban J connectivity index is 2.69. The van der Waals surface area contributed by atoms with Gasteiger partial charge in [0.25, 0.3) is 15.9 Å². The first-order valence-corrected chi connectivity index (χ1v) is 11.6.